The maximum Gasteiger partial charge on any atom is 0.249 e. The van der Waals surface area contributed by atoms with Crippen LogP contribution in [0.2, 0.25) is 0 Å². The Morgan fingerprint density at radius 3 is 2.41 bits per heavy atom. The molecule has 0 fully saturated rings. The number of benzodiazepines with no additional fused rings is 1. The number of aliphatic imine (C=N–C) groups is 1. The molecular weight excluding hydrogens is 365 g/mol. The second-order valence-corrected chi connectivity index (χ2v) is 7.41. The van der Waals surface area contributed by atoms with Crippen LogP contribution in [0.25, 0.3) is 0 Å². The summed E-state index contributed by atoms with van der Waals surface area (Å²) < 4.78 is 14.6. The molecule has 3 aromatic carbocycles. The van der Waals surface area contributed by atoms with Crippen molar-refractivity contribution in [1.29, 1.82) is 0 Å². The van der Waals surface area contributed by atoms with E-state index in [4.69, 9.17) is 4.99 Å². The molecule has 0 bridgehead atoms. The first kappa shape index (κ1) is 17.6. The summed E-state index contributed by atoms with van der Waals surface area (Å²) in [6.45, 7) is 0.765. The number of nitrogens with one attached hydrogen (secondary N) is 2. The van der Waals surface area contributed by atoms with E-state index in [2.05, 4.69) is 16.7 Å². The maximum absolute atomic E-state index is 14.6. The van der Waals surface area contributed by atoms with Crippen LogP contribution in [0.4, 0.5) is 15.8 Å². The minimum Gasteiger partial charge on any atom is -0.384 e. The molecule has 0 aromatic heterocycles. The highest BCUT2D eigenvalue weighted by atomic mass is 19.1. The van der Waals surface area contributed by atoms with Crippen molar-refractivity contribution < 1.29 is 9.18 Å². The van der Waals surface area contributed by atoms with Crippen molar-refractivity contribution >= 4 is 23.0 Å². The zero-order valence-corrected chi connectivity index (χ0v) is 15.7. The zero-order valence-electron chi connectivity index (χ0n) is 15.7. The van der Waals surface area contributed by atoms with Gasteiger partial charge in [-0.1, -0.05) is 48.5 Å². The van der Waals surface area contributed by atoms with E-state index in [-0.39, 0.29) is 17.6 Å². The highest BCUT2D eigenvalue weighted by molar-refractivity contribution is 6.19. The van der Waals surface area contributed by atoms with Gasteiger partial charge in [0.05, 0.1) is 11.4 Å². The van der Waals surface area contributed by atoms with Gasteiger partial charge < -0.3 is 10.6 Å². The van der Waals surface area contributed by atoms with Gasteiger partial charge >= 0.3 is 0 Å². The van der Waals surface area contributed by atoms with Crippen LogP contribution in [-0.4, -0.2) is 24.2 Å². The number of amides is 1. The summed E-state index contributed by atoms with van der Waals surface area (Å²) in [5, 5.41) is 6.39. The molecule has 29 heavy (non-hydrogen) atoms. The molecule has 2 aliphatic heterocycles. The third-order valence-electron chi connectivity index (χ3n) is 5.60. The molecule has 2 atom stereocenters. The number of carbonyl (C=O) groups is 1. The molecule has 144 valence electrons. The van der Waals surface area contributed by atoms with Crippen LogP contribution >= 0.6 is 0 Å². The van der Waals surface area contributed by atoms with E-state index < -0.39 is 6.04 Å². The number of nitrogens with zero attached hydrogens (tertiary/aromatic N) is 1. The van der Waals surface area contributed by atoms with Gasteiger partial charge in [0, 0.05) is 29.3 Å². The van der Waals surface area contributed by atoms with Gasteiger partial charge in [-0.15, -0.1) is 0 Å². The van der Waals surface area contributed by atoms with Crippen molar-refractivity contribution in [3.05, 3.63) is 95.3 Å². The first-order chi connectivity index (χ1) is 14.2. The van der Waals surface area contributed by atoms with Crippen molar-refractivity contribution in [3.8, 4) is 0 Å². The Morgan fingerprint density at radius 2 is 1.59 bits per heavy atom. The summed E-state index contributed by atoms with van der Waals surface area (Å²) in [4.78, 5) is 17.8. The first-order valence-electron chi connectivity index (χ1n) is 9.76. The highest BCUT2D eigenvalue weighted by Crippen LogP contribution is 2.36. The smallest absolute Gasteiger partial charge is 0.249 e. The summed E-state index contributed by atoms with van der Waals surface area (Å²) in [5.41, 5.74) is 4.62. The minimum atomic E-state index is -0.602. The average Bonchev–Trinajstić information content (AvgIpc) is 3.09. The van der Waals surface area contributed by atoms with Crippen molar-refractivity contribution in [1.82, 2.24) is 0 Å². The van der Waals surface area contributed by atoms with E-state index in [9.17, 15) is 9.18 Å². The number of rotatable bonds is 3. The van der Waals surface area contributed by atoms with E-state index in [0.717, 1.165) is 17.8 Å². The Hall–Kier alpha value is -3.47. The van der Waals surface area contributed by atoms with E-state index in [1.54, 1.807) is 18.2 Å². The van der Waals surface area contributed by atoms with E-state index >= 15 is 0 Å². The van der Waals surface area contributed by atoms with Crippen LogP contribution in [-0.2, 0) is 4.79 Å². The molecule has 0 aliphatic carbocycles. The monoisotopic (exact) mass is 385 g/mol. The number of halogens is 1. The summed E-state index contributed by atoms with van der Waals surface area (Å²) in [7, 11) is 0. The fourth-order valence-corrected chi connectivity index (χ4v) is 4.16. The van der Waals surface area contributed by atoms with Gasteiger partial charge in [-0.3, -0.25) is 9.79 Å². The molecule has 0 spiro atoms. The van der Waals surface area contributed by atoms with Gasteiger partial charge in [-0.2, -0.15) is 0 Å². The Morgan fingerprint density at radius 1 is 0.897 bits per heavy atom. The number of anilines is 2. The van der Waals surface area contributed by atoms with Crippen molar-refractivity contribution in [2.24, 2.45) is 4.99 Å². The molecule has 1 amide bonds. The third-order valence-corrected chi connectivity index (χ3v) is 5.60. The lowest BCUT2D eigenvalue weighted by Gasteiger charge is -2.16. The summed E-state index contributed by atoms with van der Waals surface area (Å²) in [6, 6.07) is 21.6. The molecule has 2 heterocycles. The summed E-state index contributed by atoms with van der Waals surface area (Å²) in [6.07, 6.45) is 0.557. The molecular formula is C24H20FN3O. The molecule has 5 rings (SSSR count). The third kappa shape index (κ3) is 3.18. The zero-order chi connectivity index (χ0) is 19.8. The van der Waals surface area contributed by atoms with Crippen LogP contribution in [0.5, 0.6) is 0 Å². The fourth-order valence-electron chi connectivity index (χ4n) is 4.16. The van der Waals surface area contributed by atoms with Crippen molar-refractivity contribution in [2.75, 3.05) is 17.2 Å². The number of carbonyl (C=O) groups excluding carboxylic acids is 1. The fraction of sp³-hybridized carbons (Fsp3) is 0.167. The lowest BCUT2D eigenvalue weighted by Crippen LogP contribution is -2.28. The molecule has 0 radical (unpaired) electrons. The van der Waals surface area contributed by atoms with Crippen LogP contribution in [0.3, 0.4) is 0 Å². The molecule has 0 saturated carbocycles. The van der Waals surface area contributed by atoms with Gasteiger partial charge in [0.1, 0.15) is 11.9 Å². The lowest BCUT2D eigenvalue weighted by molar-refractivity contribution is -0.117. The number of hydrogen-bond acceptors (Lipinski definition) is 3. The number of benzene rings is 3. The molecule has 5 heteroatoms. The van der Waals surface area contributed by atoms with Crippen LogP contribution in [0, 0.1) is 5.82 Å². The number of para-hydroxylation sites is 2. The van der Waals surface area contributed by atoms with Gasteiger partial charge in [0.2, 0.25) is 5.91 Å². The van der Waals surface area contributed by atoms with Gasteiger partial charge in [0.15, 0.2) is 0 Å². The van der Waals surface area contributed by atoms with E-state index in [1.165, 1.54) is 11.6 Å². The molecule has 0 saturated heterocycles. The first-order valence-corrected chi connectivity index (χ1v) is 9.76. The predicted molar refractivity (Wildman–Crippen MR) is 113 cm³/mol. The Kier molecular flexibility index (Phi) is 4.35. The normalized spacial score (nSPS) is 20.0. The lowest BCUT2D eigenvalue weighted by atomic mass is 9.93. The van der Waals surface area contributed by atoms with Gasteiger partial charge in [-0.05, 0) is 36.2 Å². The molecule has 2 aliphatic rings. The second-order valence-electron chi connectivity index (χ2n) is 7.41. The molecule has 2 N–H and O–H groups in total. The molecule has 4 nitrogen and oxygen atoms in total. The Labute approximate surface area is 168 Å². The standard InChI is InChI=1S/C24H20FN3O/c25-19-10-4-1-8-17(19)23-18-9-3-6-12-21(18)28-24(29)22(27-23)13-15-14-26-20-11-5-2-7-16(15)20/h1-12,15,22,26H,13-14H2,(H,28,29)/t15-,22?/m1/s1. The summed E-state index contributed by atoms with van der Waals surface area (Å²) >= 11 is 0. The minimum absolute atomic E-state index is 0.159. The quantitative estimate of drug-likeness (QED) is 0.693. The largest absolute Gasteiger partial charge is 0.384 e. The van der Waals surface area contributed by atoms with Gasteiger partial charge in [0.25, 0.3) is 0 Å². The van der Waals surface area contributed by atoms with Crippen LogP contribution < -0.4 is 10.6 Å². The van der Waals surface area contributed by atoms with Crippen LogP contribution in [0.15, 0.2) is 77.8 Å². The number of hydrogen-bond donors (Lipinski definition) is 2. The van der Waals surface area contributed by atoms with Crippen molar-refractivity contribution in [2.45, 2.75) is 18.4 Å². The Bertz CT molecular complexity index is 1120. The predicted octanol–water partition coefficient (Wildman–Crippen LogP) is 4.58. The number of fused-ring (bicyclic) bond motifs is 2. The topological polar surface area (TPSA) is 53.5 Å². The summed E-state index contributed by atoms with van der Waals surface area (Å²) in [5.74, 6) is -0.330. The Balaban J connectivity index is 1.57. The van der Waals surface area contributed by atoms with Crippen LogP contribution in [0.1, 0.15) is 29.0 Å². The van der Waals surface area contributed by atoms with E-state index in [0.29, 0.717) is 23.4 Å². The van der Waals surface area contributed by atoms with Gasteiger partial charge in [-0.25, -0.2) is 4.39 Å². The van der Waals surface area contributed by atoms with E-state index in [1.807, 2.05) is 42.5 Å². The molecule has 1 unspecified atom stereocenters. The average molecular weight is 385 g/mol. The molecule has 3 aromatic rings. The SMILES string of the molecule is O=C1Nc2ccccc2C(c2ccccc2F)=NC1C[C@@H]1CNc2ccccc21. The highest BCUT2D eigenvalue weighted by Gasteiger charge is 2.31. The maximum atomic E-state index is 14.6. The van der Waals surface area contributed by atoms with Crippen molar-refractivity contribution in [3.63, 3.8) is 0 Å². The second kappa shape index (κ2) is 7.17.